The first-order chi connectivity index (χ1) is 12.0. The molecule has 1 aliphatic carbocycles. The van der Waals surface area contributed by atoms with Gasteiger partial charge >= 0.3 is 0 Å². The number of rotatable bonds is 4. The molecule has 0 saturated heterocycles. The highest BCUT2D eigenvalue weighted by molar-refractivity contribution is 5.84. The van der Waals surface area contributed by atoms with E-state index in [2.05, 4.69) is 40.2 Å². The summed E-state index contributed by atoms with van der Waals surface area (Å²) in [4.78, 5) is 13.2. The highest BCUT2D eigenvalue weighted by Crippen LogP contribution is 2.32. The predicted molar refractivity (Wildman–Crippen MR) is 96.0 cm³/mol. The number of aromatic nitrogens is 4. The Bertz CT molecular complexity index is 987. The summed E-state index contributed by atoms with van der Waals surface area (Å²) in [6.45, 7) is 6.97. The SMILES string of the molecule is Cc1cn2cc(C3=CCc4nc(NCC(C)C)ncc43)cc(F)c2n1. The van der Waals surface area contributed by atoms with Gasteiger partial charge in [-0.15, -0.1) is 0 Å². The molecule has 0 atom stereocenters. The van der Waals surface area contributed by atoms with Crippen LogP contribution in [0, 0.1) is 18.7 Å². The van der Waals surface area contributed by atoms with Crippen molar-refractivity contribution in [3.63, 3.8) is 0 Å². The smallest absolute Gasteiger partial charge is 0.222 e. The minimum absolute atomic E-state index is 0.323. The second-order valence-corrected chi connectivity index (χ2v) is 6.84. The standard InChI is InChI=1S/C19H20FN5/c1-11(2)7-21-19-22-8-15-14(4-5-17(15)24-19)13-6-16(20)18-23-12(3)9-25(18)10-13/h4,6,8-11H,5,7H2,1-3H3,(H,21,22,24). The zero-order valence-corrected chi connectivity index (χ0v) is 14.5. The van der Waals surface area contributed by atoms with Crippen molar-refractivity contribution in [3.05, 3.63) is 59.1 Å². The predicted octanol–water partition coefficient (Wildman–Crippen LogP) is 3.63. The maximum atomic E-state index is 14.4. The van der Waals surface area contributed by atoms with Gasteiger partial charge in [0.1, 0.15) is 0 Å². The molecule has 0 spiro atoms. The van der Waals surface area contributed by atoms with Crippen molar-refractivity contribution in [1.82, 2.24) is 19.4 Å². The number of imidazole rings is 1. The van der Waals surface area contributed by atoms with Gasteiger partial charge in [0.2, 0.25) is 5.95 Å². The second kappa shape index (κ2) is 5.95. The largest absolute Gasteiger partial charge is 0.354 e. The molecule has 4 rings (SSSR count). The van der Waals surface area contributed by atoms with Gasteiger partial charge in [0.25, 0.3) is 0 Å². The molecule has 0 bridgehead atoms. The Labute approximate surface area is 145 Å². The lowest BCUT2D eigenvalue weighted by atomic mass is 10.0. The van der Waals surface area contributed by atoms with E-state index in [4.69, 9.17) is 0 Å². The maximum absolute atomic E-state index is 14.4. The zero-order chi connectivity index (χ0) is 17.6. The van der Waals surface area contributed by atoms with Crippen LogP contribution in [0.2, 0.25) is 0 Å². The molecule has 0 amide bonds. The summed E-state index contributed by atoms with van der Waals surface area (Å²) < 4.78 is 16.1. The van der Waals surface area contributed by atoms with Gasteiger partial charge < -0.3 is 9.72 Å². The van der Waals surface area contributed by atoms with E-state index in [9.17, 15) is 4.39 Å². The zero-order valence-electron chi connectivity index (χ0n) is 14.5. The van der Waals surface area contributed by atoms with Crippen LogP contribution >= 0.6 is 0 Å². The fourth-order valence-electron chi connectivity index (χ4n) is 3.09. The fraction of sp³-hybridized carbons (Fsp3) is 0.316. The molecule has 0 saturated carbocycles. The monoisotopic (exact) mass is 337 g/mol. The van der Waals surface area contributed by atoms with Gasteiger partial charge in [0.15, 0.2) is 11.5 Å². The average Bonchev–Trinajstić information content (AvgIpc) is 3.15. The Morgan fingerprint density at radius 1 is 1.28 bits per heavy atom. The van der Waals surface area contributed by atoms with E-state index in [1.807, 2.05) is 25.5 Å². The topological polar surface area (TPSA) is 55.1 Å². The Kier molecular flexibility index (Phi) is 3.75. The van der Waals surface area contributed by atoms with E-state index >= 15 is 0 Å². The number of nitrogens with one attached hydrogen (secondary N) is 1. The van der Waals surface area contributed by atoms with E-state index in [0.29, 0.717) is 17.5 Å². The van der Waals surface area contributed by atoms with Crippen LogP contribution in [0.5, 0.6) is 0 Å². The van der Waals surface area contributed by atoms with Crippen molar-refractivity contribution in [2.75, 3.05) is 11.9 Å². The van der Waals surface area contributed by atoms with Crippen molar-refractivity contribution < 1.29 is 4.39 Å². The summed E-state index contributed by atoms with van der Waals surface area (Å²) in [5, 5.41) is 3.25. The Hall–Kier alpha value is -2.76. The van der Waals surface area contributed by atoms with Gasteiger partial charge in [-0.3, -0.25) is 0 Å². The average molecular weight is 337 g/mol. The van der Waals surface area contributed by atoms with E-state index in [1.54, 1.807) is 4.40 Å². The molecule has 3 aromatic heterocycles. The van der Waals surface area contributed by atoms with Crippen molar-refractivity contribution in [1.29, 1.82) is 0 Å². The second-order valence-electron chi connectivity index (χ2n) is 6.84. The first-order valence-corrected chi connectivity index (χ1v) is 8.47. The lowest BCUT2D eigenvalue weighted by Crippen LogP contribution is -2.11. The lowest BCUT2D eigenvalue weighted by Gasteiger charge is -2.10. The number of allylic oxidation sites excluding steroid dienone is 1. The minimum atomic E-state index is -0.323. The highest BCUT2D eigenvalue weighted by atomic mass is 19.1. The van der Waals surface area contributed by atoms with Crippen molar-refractivity contribution in [3.8, 4) is 0 Å². The van der Waals surface area contributed by atoms with Gasteiger partial charge in [-0.25, -0.2) is 19.3 Å². The van der Waals surface area contributed by atoms with Crippen LogP contribution in [0.25, 0.3) is 11.2 Å². The first kappa shape index (κ1) is 15.7. The van der Waals surface area contributed by atoms with E-state index < -0.39 is 0 Å². The number of hydrogen-bond acceptors (Lipinski definition) is 4. The molecule has 0 aromatic carbocycles. The van der Waals surface area contributed by atoms with Crippen molar-refractivity contribution >= 4 is 17.2 Å². The Balaban J connectivity index is 1.68. The van der Waals surface area contributed by atoms with Crippen LogP contribution in [0.3, 0.4) is 0 Å². The normalized spacial score (nSPS) is 13.4. The van der Waals surface area contributed by atoms with Gasteiger partial charge in [-0.05, 0) is 24.5 Å². The number of aryl methyl sites for hydroxylation is 1. The third-order valence-corrected chi connectivity index (χ3v) is 4.26. The molecule has 0 fully saturated rings. The highest BCUT2D eigenvalue weighted by Gasteiger charge is 2.20. The van der Waals surface area contributed by atoms with Gasteiger partial charge in [0.05, 0.1) is 11.4 Å². The molecule has 3 heterocycles. The summed E-state index contributed by atoms with van der Waals surface area (Å²) in [5.74, 6) is 0.851. The number of fused-ring (bicyclic) bond motifs is 2. The number of halogens is 1. The molecular formula is C19H20FN5. The van der Waals surface area contributed by atoms with Crippen LogP contribution in [-0.4, -0.2) is 25.9 Å². The molecule has 5 nitrogen and oxygen atoms in total. The number of anilines is 1. The fourth-order valence-corrected chi connectivity index (χ4v) is 3.09. The molecule has 0 radical (unpaired) electrons. The molecule has 6 heteroatoms. The van der Waals surface area contributed by atoms with Gasteiger partial charge in [0, 0.05) is 42.7 Å². The molecule has 0 aliphatic heterocycles. The Morgan fingerprint density at radius 3 is 2.92 bits per heavy atom. The van der Waals surface area contributed by atoms with Crippen molar-refractivity contribution in [2.45, 2.75) is 27.2 Å². The Morgan fingerprint density at radius 2 is 2.12 bits per heavy atom. The molecule has 0 unspecified atom stereocenters. The van der Waals surface area contributed by atoms with Crippen LogP contribution in [0.15, 0.2) is 30.7 Å². The summed E-state index contributed by atoms with van der Waals surface area (Å²) in [5.41, 5.74) is 4.86. The quantitative estimate of drug-likeness (QED) is 0.790. The maximum Gasteiger partial charge on any atom is 0.222 e. The molecule has 25 heavy (non-hydrogen) atoms. The molecule has 128 valence electrons. The molecule has 1 aliphatic rings. The van der Waals surface area contributed by atoms with E-state index in [-0.39, 0.29) is 5.82 Å². The van der Waals surface area contributed by atoms with Crippen molar-refractivity contribution in [2.24, 2.45) is 5.92 Å². The third kappa shape index (κ3) is 2.88. The molecule has 3 aromatic rings. The third-order valence-electron chi connectivity index (χ3n) is 4.26. The molecular weight excluding hydrogens is 317 g/mol. The van der Waals surface area contributed by atoms with Crippen LogP contribution in [-0.2, 0) is 6.42 Å². The number of pyridine rings is 1. The summed E-state index contributed by atoms with van der Waals surface area (Å²) in [7, 11) is 0. The lowest BCUT2D eigenvalue weighted by molar-refractivity contribution is 0.629. The number of hydrogen-bond donors (Lipinski definition) is 1. The van der Waals surface area contributed by atoms with E-state index in [0.717, 1.165) is 41.1 Å². The van der Waals surface area contributed by atoms with E-state index in [1.165, 1.54) is 6.07 Å². The summed E-state index contributed by atoms with van der Waals surface area (Å²) in [6.07, 6.45) is 8.37. The summed E-state index contributed by atoms with van der Waals surface area (Å²) >= 11 is 0. The van der Waals surface area contributed by atoms with Gasteiger partial charge in [-0.1, -0.05) is 19.9 Å². The number of nitrogens with zero attached hydrogens (tertiary/aromatic N) is 4. The van der Waals surface area contributed by atoms with Crippen LogP contribution < -0.4 is 5.32 Å². The summed E-state index contributed by atoms with van der Waals surface area (Å²) in [6, 6.07) is 1.54. The molecule has 1 N–H and O–H groups in total. The van der Waals surface area contributed by atoms with Crippen LogP contribution in [0.4, 0.5) is 10.3 Å². The minimum Gasteiger partial charge on any atom is -0.354 e. The van der Waals surface area contributed by atoms with Crippen LogP contribution in [0.1, 0.15) is 36.4 Å². The van der Waals surface area contributed by atoms with Gasteiger partial charge in [-0.2, -0.15) is 0 Å². The first-order valence-electron chi connectivity index (χ1n) is 8.47.